The zero-order chi connectivity index (χ0) is 13.6. The third kappa shape index (κ3) is 1.82. The highest BCUT2D eigenvalue weighted by atomic mass is 16.6. The fourth-order valence-corrected chi connectivity index (χ4v) is 2.34. The number of hydrogen-bond donors (Lipinski definition) is 1. The van der Waals surface area contributed by atoms with Gasteiger partial charge in [-0.2, -0.15) is 5.10 Å². The molecular weight excluding hydrogens is 242 g/mol. The molecule has 19 heavy (non-hydrogen) atoms. The number of benzene rings is 1. The number of rotatable bonds is 1. The Morgan fingerprint density at radius 2 is 1.79 bits per heavy atom. The Hall–Kier alpha value is -2.17. The van der Waals surface area contributed by atoms with E-state index in [0.29, 0.717) is 19.0 Å². The highest BCUT2D eigenvalue weighted by Gasteiger charge is 2.19. The van der Waals surface area contributed by atoms with Crippen LogP contribution in [0.2, 0.25) is 0 Å². The van der Waals surface area contributed by atoms with Gasteiger partial charge in [0.1, 0.15) is 19.0 Å². The van der Waals surface area contributed by atoms with E-state index < -0.39 is 0 Å². The molecule has 0 amide bonds. The summed E-state index contributed by atoms with van der Waals surface area (Å²) < 4.78 is 12.9. The van der Waals surface area contributed by atoms with Crippen molar-refractivity contribution in [3.05, 3.63) is 23.3 Å². The third-order valence-electron chi connectivity index (χ3n) is 3.48. The van der Waals surface area contributed by atoms with Gasteiger partial charge in [0.15, 0.2) is 11.5 Å². The average molecular weight is 259 g/mol. The van der Waals surface area contributed by atoms with Crippen LogP contribution in [0.25, 0.3) is 11.3 Å². The van der Waals surface area contributed by atoms with Gasteiger partial charge in [-0.05, 0) is 31.5 Å². The molecule has 0 unspecified atom stereocenters. The van der Waals surface area contributed by atoms with Crippen molar-refractivity contribution >= 4 is 5.82 Å². The van der Waals surface area contributed by atoms with Crippen LogP contribution in [0.15, 0.2) is 12.1 Å². The number of ether oxygens (including phenoxy) is 2. The van der Waals surface area contributed by atoms with Gasteiger partial charge in [0.25, 0.3) is 0 Å². The van der Waals surface area contributed by atoms with E-state index in [1.807, 2.05) is 33.0 Å². The van der Waals surface area contributed by atoms with Crippen molar-refractivity contribution in [2.75, 3.05) is 18.9 Å². The molecule has 1 aliphatic heterocycles. The van der Waals surface area contributed by atoms with Gasteiger partial charge in [-0.3, -0.25) is 4.68 Å². The third-order valence-corrected chi connectivity index (χ3v) is 3.48. The van der Waals surface area contributed by atoms with Crippen molar-refractivity contribution in [1.82, 2.24) is 9.78 Å². The SMILES string of the molecule is Cc1cc2c(cc1-c1nn(C)c(N)c1C)OCCO2. The molecule has 2 heterocycles. The Balaban J connectivity index is 2.17. The minimum atomic E-state index is 0.582. The number of nitrogens with two attached hydrogens (primary N) is 1. The monoisotopic (exact) mass is 259 g/mol. The molecule has 0 fully saturated rings. The van der Waals surface area contributed by atoms with E-state index in [4.69, 9.17) is 15.2 Å². The van der Waals surface area contributed by atoms with Crippen molar-refractivity contribution < 1.29 is 9.47 Å². The predicted octanol–water partition coefficient (Wildman–Crippen LogP) is 2.06. The standard InChI is InChI=1S/C14H17N3O2/c1-8-6-11-12(19-5-4-18-11)7-10(8)13-9(2)14(15)17(3)16-13/h6-7H,4-5,15H2,1-3H3. The van der Waals surface area contributed by atoms with E-state index in [1.54, 1.807) is 4.68 Å². The van der Waals surface area contributed by atoms with Crippen molar-refractivity contribution in [2.24, 2.45) is 7.05 Å². The summed E-state index contributed by atoms with van der Waals surface area (Å²) in [6, 6.07) is 3.98. The predicted molar refractivity (Wildman–Crippen MR) is 73.5 cm³/mol. The normalized spacial score (nSPS) is 13.6. The molecule has 0 saturated carbocycles. The van der Waals surface area contributed by atoms with Gasteiger partial charge < -0.3 is 15.2 Å². The van der Waals surface area contributed by atoms with Gasteiger partial charge in [-0.15, -0.1) is 0 Å². The van der Waals surface area contributed by atoms with E-state index in [0.717, 1.165) is 33.9 Å². The van der Waals surface area contributed by atoms with E-state index >= 15 is 0 Å². The van der Waals surface area contributed by atoms with Gasteiger partial charge in [0.2, 0.25) is 0 Å². The molecule has 5 nitrogen and oxygen atoms in total. The zero-order valence-electron chi connectivity index (χ0n) is 11.4. The van der Waals surface area contributed by atoms with Gasteiger partial charge in [0, 0.05) is 18.2 Å². The minimum Gasteiger partial charge on any atom is -0.486 e. The first-order chi connectivity index (χ1) is 9.08. The molecule has 0 aliphatic carbocycles. The number of aromatic nitrogens is 2. The lowest BCUT2D eigenvalue weighted by atomic mass is 10.0. The van der Waals surface area contributed by atoms with E-state index in [-0.39, 0.29) is 0 Å². The quantitative estimate of drug-likeness (QED) is 0.851. The molecule has 3 rings (SSSR count). The molecule has 1 aromatic carbocycles. The molecule has 0 atom stereocenters. The summed E-state index contributed by atoms with van der Waals surface area (Å²) in [5, 5.41) is 4.49. The number of aryl methyl sites for hydroxylation is 2. The van der Waals surface area contributed by atoms with Gasteiger partial charge >= 0.3 is 0 Å². The van der Waals surface area contributed by atoms with Gasteiger partial charge in [-0.1, -0.05) is 0 Å². The second-order valence-electron chi connectivity index (χ2n) is 4.79. The molecule has 5 heteroatoms. The van der Waals surface area contributed by atoms with Crippen LogP contribution in [0.1, 0.15) is 11.1 Å². The molecule has 0 bridgehead atoms. The first-order valence-electron chi connectivity index (χ1n) is 6.27. The van der Waals surface area contributed by atoms with Gasteiger partial charge in [-0.25, -0.2) is 0 Å². The molecule has 0 saturated heterocycles. The molecular formula is C14H17N3O2. The summed E-state index contributed by atoms with van der Waals surface area (Å²) in [7, 11) is 1.85. The Bertz CT molecular complexity index is 647. The summed E-state index contributed by atoms with van der Waals surface area (Å²) in [4.78, 5) is 0. The smallest absolute Gasteiger partial charge is 0.162 e. The summed E-state index contributed by atoms with van der Waals surface area (Å²) >= 11 is 0. The second-order valence-corrected chi connectivity index (χ2v) is 4.79. The largest absolute Gasteiger partial charge is 0.486 e. The van der Waals surface area contributed by atoms with Crippen LogP contribution in [-0.2, 0) is 7.05 Å². The van der Waals surface area contributed by atoms with Crippen LogP contribution >= 0.6 is 0 Å². The summed E-state index contributed by atoms with van der Waals surface area (Å²) in [5.74, 6) is 2.26. The maximum atomic E-state index is 5.97. The van der Waals surface area contributed by atoms with Gasteiger partial charge in [0.05, 0.1) is 5.69 Å². The number of fused-ring (bicyclic) bond motifs is 1. The average Bonchev–Trinajstić information content (AvgIpc) is 2.66. The molecule has 0 radical (unpaired) electrons. The van der Waals surface area contributed by atoms with E-state index in [9.17, 15) is 0 Å². The summed E-state index contributed by atoms with van der Waals surface area (Å²) in [5.41, 5.74) is 10.00. The van der Waals surface area contributed by atoms with Crippen molar-refractivity contribution in [3.8, 4) is 22.8 Å². The lowest BCUT2D eigenvalue weighted by Gasteiger charge is -2.20. The molecule has 100 valence electrons. The Kier molecular flexibility index (Phi) is 2.62. The topological polar surface area (TPSA) is 62.3 Å². The molecule has 1 aromatic heterocycles. The minimum absolute atomic E-state index is 0.582. The summed E-state index contributed by atoms with van der Waals surface area (Å²) in [6.45, 7) is 5.20. The highest BCUT2D eigenvalue weighted by molar-refractivity contribution is 5.73. The van der Waals surface area contributed by atoms with Crippen LogP contribution in [0.5, 0.6) is 11.5 Å². The maximum absolute atomic E-state index is 5.97. The highest BCUT2D eigenvalue weighted by Crippen LogP contribution is 2.38. The Morgan fingerprint density at radius 1 is 1.16 bits per heavy atom. The molecule has 2 aromatic rings. The fourth-order valence-electron chi connectivity index (χ4n) is 2.34. The first-order valence-corrected chi connectivity index (χ1v) is 6.27. The van der Waals surface area contributed by atoms with Crippen molar-refractivity contribution in [3.63, 3.8) is 0 Å². The van der Waals surface area contributed by atoms with E-state index in [1.165, 1.54) is 0 Å². The zero-order valence-corrected chi connectivity index (χ0v) is 11.4. The molecule has 1 aliphatic rings. The van der Waals surface area contributed by atoms with Crippen LogP contribution in [-0.4, -0.2) is 23.0 Å². The number of anilines is 1. The van der Waals surface area contributed by atoms with Crippen molar-refractivity contribution in [2.45, 2.75) is 13.8 Å². The second kappa shape index (κ2) is 4.19. The molecule has 2 N–H and O–H groups in total. The number of nitrogen functional groups attached to an aromatic ring is 1. The maximum Gasteiger partial charge on any atom is 0.162 e. The van der Waals surface area contributed by atoms with Crippen LogP contribution < -0.4 is 15.2 Å². The van der Waals surface area contributed by atoms with Crippen LogP contribution in [0.3, 0.4) is 0 Å². The van der Waals surface area contributed by atoms with Crippen molar-refractivity contribution in [1.29, 1.82) is 0 Å². The van der Waals surface area contributed by atoms with E-state index in [2.05, 4.69) is 5.10 Å². The lowest BCUT2D eigenvalue weighted by molar-refractivity contribution is 0.171. The molecule has 0 spiro atoms. The fraction of sp³-hybridized carbons (Fsp3) is 0.357. The first kappa shape index (κ1) is 11.9. The Labute approximate surface area is 111 Å². The lowest BCUT2D eigenvalue weighted by Crippen LogP contribution is -2.15. The summed E-state index contributed by atoms with van der Waals surface area (Å²) in [6.07, 6.45) is 0. The Morgan fingerprint density at radius 3 is 2.37 bits per heavy atom. The van der Waals surface area contributed by atoms with Crippen LogP contribution in [0.4, 0.5) is 5.82 Å². The van der Waals surface area contributed by atoms with Crippen LogP contribution in [0, 0.1) is 13.8 Å². The number of nitrogens with zero attached hydrogens (tertiary/aromatic N) is 2. The number of hydrogen-bond acceptors (Lipinski definition) is 4.